The molecule has 1 rings (SSSR count). The second kappa shape index (κ2) is 3.39. The molecular formula is C10H12O2. The Kier molecular flexibility index (Phi) is 2.48. The number of carboxylic acid groups (broad SMARTS) is 1. The highest BCUT2D eigenvalue weighted by Gasteiger charge is 2.05. The molecule has 0 amide bonds. The van der Waals surface area contributed by atoms with Gasteiger partial charge in [-0.3, -0.25) is 0 Å². The van der Waals surface area contributed by atoms with E-state index in [2.05, 4.69) is 6.92 Å². The molecule has 1 aromatic carbocycles. The van der Waals surface area contributed by atoms with Gasteiger partial charge in [-0.2, -0.15) is 0 Å². The quantitative estimate of drug-likeness (QED) is 0.727. The number of carboxylic acids is 1. The molecule has 0 unspecified atom stereocenters. The van der Waals surface area contributed by atoms with Gasteiger partial charge < -0.3 is 5.11 Å². The van der Waals surface area contributed by atoms with E-state index in [1.54, 1.807) is 6.07 Å². The zero-order valence-electron chi connectivity index (χ0n) is 7.29. The maximum atomic E-state index is 10.6. The van der Waals surface area contributed by atoms with Crippen LogP contribution < -0.4 is 0 Å². The Hall–Kier alpha value is -1.31. The maximum Gasteiger partial charge on any atom is 0.335 e. The van der Waals surface area contributed by atoms with Crippen LogP contribution in [0.25, 0.3) is 0 Å². The minimum Gasteiger partial charge on any atom is -0.478 e. The van der Waals surface area contributed by atoms with Crippen LogP contribution in [0.2, 0.25) is 0 Å². The van der Waals surface area contributed by atoms with Crippen molar-refractivity contribution in [3.63, 3.8) is 0 Å². The van der Waals surface area contributed by atoms with E-state index in [9.17, 15) is 4.79 Å². The average Bonchev–Trinajstić information content (AvgIpc) is 2.03. The van der Waals surface area contributed by atoms with E-state index >= 15 is 0 Å². The van der Waals surface area contributed by atoms with E-state index in [-0.39, 0.29) is 0 Å². The molecule has 0 saturated heterocycles. The molecule has 2 heteroatoms. The molecule has 64 valence electrons. The summed E-state index contributed by atoms with van der Waals surface area (Å²) < 4.78 is 0. The van der Waals surface area contributed by atoms with Crippen molar-refractivity contribution < 1.29 is 9.90 Å². The number of hydrogen-bond acceptors (Lipinski definition) is 1. The molecular weight excluding hydrogens is 152 g/mol. The number of rotatable bonds is 2. The third-order valence-corrected chi connectivity index (χ3v) is 1.93. The van der Waals surface area contributed by atoms with Gasteiger partial charge in [0.25, 0.3) is 0 Å². The summed E-state index contributed by atoms with van der Waals surface area (Å²) in [5.41, 5.74) is 2.41. The van der Waals surface area contributed by atoms with Crippen molar-refractivity contribution in [1.82, 2.24) is 0 Å². The van der Waals surface area contributed by atoms with Gasteiger partial charge >= 0.3 is 5.97 Å². The molecule has 1 N–H and O–H groups in total. The van der Waals surface area contributed by atoms with Gasteiger partial charge in [0.1, 0.15) is 0 Å². The second-order valence-corrected chi connectivity index (χ2v) is 2.81. The third-order valence-electron chi connectivity index (χ3n) is 1.93. The van der Waals surface area contributed by atoms with Gasteiger partial charge in [-0.15, -0.1) is 0 Å². The number of aryl methyl sites for hydroxylation is 2. The highest BCUT2D eigenvalue weighted by molar-refractivity contribution is 5.89. The molecule has 0 bridgehead atoms. The van der Waals surface area contributed by atoms with E-state index in [0.29, 0.717) is 5.56 Å². The van der Waals surface area contributed by atoms with Crippen LogP contribution in [0.5, 0.6) is 0 Å². The fraction of sp³-hybridized carbons (Fsp3) is 0.300. The summed E-state index contributed by atoms with van der Waals surface area (Å²) in [4.78, 5) is 10.6. The summed E-state index contributed by atoms with van der Waals surface area (Å²) in [6.45, 7) is 3.87. The predicted molar refractivity (Wildman–Crippen MR) is 47.5 cm³/mol. The summed E-state index contributed by atoms with van der Waals surface area (Å²) in [5, 5.41) is 8.73. The van der Waals surface area contributed by atoms with E-state index in [1.165, 1.54) is 5.56 Å². The first-order valence-corrected chi connectivity index (χ1v) is 3.98. The molecule has 0 fully saturated rings. The van der Waals surface area contributed by atoms with Gasteiger partial charge in [0.05, 0.1) is 5.56 Å². The van der Waals surface area contributed by atoms with Crippen molar-refractivity contribution in [2.45, 2.75) is 20.3 Å². The zero-order chi connectivity index (χ0) is 9.14. The Morgan fingerprint density at radius 3 is 2.58 bits per heavy atom. The lowest BCUT2D eigenvalue weighted by Gasteiger charge is -2.02. The molecule has 1 aromatic rings. The van der Waals surface area contributed by atoms with Crippen LogP contribution in [0.1, 0.15) is 28.4 Å². The average molecular weight is 164 g/mol. The van der Waals surface area contributed by atoms with Crippen LogP contribution in [-0.4, -0.2) is 11.1 Å². The van der Waals surface area contributed by atoms with Crippen LogP contribution >= 0.6 is 0 Å². The monoisotopic (exact) mass is 164 g/mol. The van der Waals surface area contributed by atoms with E-state index in [4.69, 9.17) is 5.11 Å². The lowest BCUT2D eigenvalue weighted by molar-refractivity contribution is 0.0696. The molecule has 0 atom stereocenters. The van der Waals surface area contributed by atoms with Crippen LogP contribution in [0.15, 0.2) is 18.2 Å². The summed E-state index contributed by atoms with van der Waals surface area (Å²) in [7, 11) is 0. The SMILES string of the molecule is CCc1ccc(C(=O)O)c(C)c1. The Labute approximate surface area is 71.8 Å². The lowest BCUT2D eigenvalue weighted by Crippen LogP contribution is -1.99. The molecule has 0 aromatic heterocycles. The van der Waals surface area contributed by atoms with Gasteiger partial charge in [0.15, 0.2) is 0 Å². The summed E-state index contributed by atoms with van der Waals surface area (Å²) in [5.74, 6) is -0.852. The largest absolute Gasteiger partial charge is 0.478 e. The molecule has 0 spiro atoms. The van der Waals surface area contributed by atoms with Gasteiger partial charge in [-0.1, -0.05) is 19.1 Å². The molecule has 0 saturated carbocycles. The molecule has 0 aliphatic heterocycles. The first-order chi connectivity index (χ1) is 5.65. The van der Waals surface area contributed by atoms with Crippen LogP contribution in [0.3, 0.4) is 0 Å². The number of benzene rings is 1. The van der Waals surface area contributed by atoms with Gasteiger partial charge in [0.2, 0.25) is 0 Å². The van der Waals surface area contributed by atoms with Gasteiger partial charge in [-0.25, -0.2) is 4.79 Å². The summed E-state index contributed by atoms with van der Waals surface area (Å²) in [6.07, 6.45) is 0.945. The first-order valence-electron chi connectivity index (χ1n) is 3.98. The van der Waals surface area contributed by atoms with Crippen molar-refractivity contribution in [3.05, 3.63) is 34.9 Å². The summed E-state index contributed by atoms with van der Waals surface area (Å²) >= 11 is 0. The van der Waals surface area contributed by atoms with Gasteiger partial charge in [-0.05, 0) is 30.5 Å². The van der Waals surface area contributed by atoms with E-state index in [0.717, 1.165) is 12.0 Å². The van der Waals surface area contributed by atoms with Crippen LogP contribution in [-0.2, 0) is 6.42 Å². The van der Waals surface area contributed by atoms with E-state index < -0.39 is 5.97 Å². The second-order valence-electron chi connectivity index (χ2n) is 2.81. The highest BCUT2D eigenvalue weighted by atomic mass is 16.4. The zero-order valence-corrected chi connectivity index (χ0v) is 7.29. The lowest BCUT2D eigenvalue weighted by atomic mass is 10.0. The predicted octanol–water partition coefficient (Wildman–Crippen LogP) is 2.26. The number of carbonyl (C=O) groups is 1. The first kappa shape index (κ1) is 8.78. The van der Waals surface area contributed by atoms with Crippen molar-refractivity contribution in [1.29, 1.82) is 0 Å². The third kappa shape index (κ3) is 1.64. The van der Waals surface area contributed by atoms with Gasteiger partial charge in [0, 0.05) is 0 Å². The smallest absolute Gasteiger partial charge is 0.335 e. The van der Waals surface area contributed by atoms with Crippen molar-refractivity contribution >= 4 is 5.97 Å². The Balaban J connectivity index is 3.12. The molecule has 0 aliphatic carbocycles. The van der Waals surface area contributed by atoms with Crippen molar-refractivity contribution in [2.75, 3.05) is 0 Å². The Bertz CT molecular complexity index is 303. The minimum atomic E-state index is -0.852. The molecule has 0 aliphatic rings. The van der Waals surface area contributed by atoms with E-state index in [1.807, 2.05) is 19.1 Å². The van der Waals surface area contributed by atoms with Crippen molar-refractivity contribution in [2.24, 2.45) is 0 Å². The highest BCUT2D eigenvalue weighted by Crippen LogP contribution is 2.11. The fourth-order valence-electron chi connectivity index (χ4n) is 1.19. The normalized spacial score (nSPS) is 9.83. The molecule has 12 heavy (non-hydrogen) atoms. The molecule has 0 heterocycles. The van der Waals surface area contributed by atoms with Crippen LogP contribution in [0.4, 0.5) is 0 Å². The topological polar surface area (TPSA) is 37.3 Å². The standard InChI is InChI=1S/C10H12O2/c1-3-8-4-5-9(10(11)12)7(2)6-8/h4-6H,3H2,1-2H3,(H,11,12). The molecule has 0 radical (unpaired) electrons. The maximum absolute atomic E-state index is 10.6. The van der Waals surface area contributed by atoms with Crippen molar-refractivity contribution in [3.8, 4) is 0 Å². The molecule has 2 nitrogen and oxygen atoms in total. The number of hydrogen-bond donors (Lipinski definition) is 1. The fourth-order valence-corrected chi connectivity index (χ4v) is 1.19. The summed E-state index contributed by atoms with van der Waals surface area (Å²) in [6, 6.07) is 5.44. The number of aromatic carboxylic acids is 1. The minimum absolute atomic E-state index is 0.396. The Morgan fingerprint density at radius 1 is 1.50 bits per heavy atom. The van der Waals surface area contributed by atoms with Crippen LogP contribution in [0, 0.1) is 6.92 Å². The Morgan fingerprint density at radius 2 is 2.17 bits per heavy atom.